The number of halogens is 2. The normalized spacial score (nSPS) is 12.0. The second kappa shape index (κ2) is 7.33. The van der Waals surface area contributed by atoms with Crippen LogP contribution in [0.4, 0.5) is 10.1 Å². The van der Waals surface area contributed by atoms with Crippen LogP contribution >= 0.6 is 27.3 Å². The Hall–Kier alpha value is -2.25. The van der Waals surface area contributed by atoms with Gasteiger partial charge in [-0.2, -0.15) is 0 Å². The maximum Gasteiger partial charge on any atom is 0.349 e. The van der Waals surface area contributed by atoms with Crippen LogP contribution in [-0.4, -0.2) is 18.0 Å². The fourth-order valence-electron chi connectivity index (χ4n) is 2.18. The van der Waals surface area contributed by atoms with E-state index in [0.717, 1.165) is 10.1 Å². The lowest BCUT2D eigenvalue weighted by Crippen LogP contribution is -2.30. The van der Waals surface area contributed by atoms with Crippen molar-refractivity contribution in [1.29, 1.82) is 0 Å². The van der Waals surface area contributed by atoms with Crippen LogP contribution in [0, 0.1) is 5.82 Å². The summed E-state index contributed by atoms with van der Waals surface area (Å²) in [4.78, 5) is 24.8. The van der Waals surface area contributed by atoms with Crippen LogP contribution in [0.15, 0.2) is 53.0 Å². The van der Waals surface area contributed by atoms with E-state index in [1.54, 1.807) is 12.1 Å². The van der Waals surface area contributed by atoms with Crippen LogP contribution in [0.5, 0.6) is 0 Å². The first-order chi connectivity index (χ1) is 11.9. The molecule has 3 aromatic rings. The Bertz CT molecular complexity index is 923. The summed E-state index contributed by atoms with van der Waals surface area (Å²) >= 11 is 4.44. The van der Waals surface area contributed by atoms with Gasteiger partial charge in [0.05, 0.1) is 5.69 Å². The van der Waals surface area contributed by atoms with Gasteiger partial charge >= 0.3 is 5.97 Å². The van der Waals surface area contributed by atoms with E-state index in [4.69, 9.17) is 4.74 Å². The van der Waals surface area contributed by atoms with Crippen LogP contribution in [0.1, 0.15) is 16.6 Å². The molecule has 1 atom stereocenters. The first kappa shape index (κ1) is 17.6. The average molecular weight is 422 g/mol. The van der Waals surface area contributed by atoms with Crippen molar-refractivity contribution in [3.05, 3.63) is 63.7 Å². The molecule has 0 spiro atoms. The minimum Gasteiger partial charge on any atom is -0.448 e. The number of anilines is 1. The number of carbonyl (C=O) groups is 2. The van der Waals surface area contributed by atoms with Gasteiger partial charge in [0.2, 0.25) is 0 Å². The molecule has 128 valence electrons. The van der Waals surface area contributed by atoms with Gasteiger partial charge in [-0.15, -0.1) is 11.3 Å². The molecule has 0 radical (unpaired) electrons. The van der Waals surface area contributed by atoms with Crippen LogP contribution < -0.4 is 5.32 Å². The molecule has 0 saturated heterocycles. The molecular formula is C18H13BrFNO3S. The Morgan fingerprint density at radius 3 is 2.68 bits per heavy atom. The number of fused-ring (bicyclic) bond motifs is 1. The van der Waals surface area contributed by atoms with Gasteiger partial charge < -0.3 is 10.1 Å². The molecule has 1 unspecified atom stereocenters. The van der Waals surface area contributed by atoms with Crippen molar-refractivity contribution in [3.8, 4) is 0 Å². The minimum atomic E-state index is -1.05. The molecule has 0 aliphatic heterocycles. The third-order valence-electron chi connectivity index (χ3n) is 3.47. The molecule has 0 aliphatic carbocycles. The molecule has 0 bridgehead atoms. The Morgan fingerprint density at radius 2 is 1.96 bits per heavy atom. The molecule has 4 nitrogen and oxygen atoms in total. The number of nitrogens with one attached hydrogen (secondary N) is 1. The van der Waals surface area contributed by atoms with Gasteiger partial charge in [0.25, 0.3) is 5.91 Å². The van der Waals surface area contributed by atoms with Crippen LogP contribution in [0.25, 0.3) is 10.1 Å². The molecule has 0 aliphatic rings. The fourth-order valence-corrected chi connectivity index (χ4v) is 3.46. The summed E-state index contributed by atoms with van der Waals surface area (Å²) in [6.07, 6.45) is -1.05. The Labute approximate surface area is 155 Å². The van der Waals surface area contributed by atoms with E-state index in [0.29, 0.717) is 9.35 Å². The zero-order valence-corrected chi connectivity index (χ0v) is 15.5. The Balaban J connectivity index is 1.67. The highest BCUT2D eigenvalue weighted by Gasteiger charge is 2.21. The van der Waals surface area contributed by atoms with E-state index < -0.39 is 23.8 Å². The van der Waals surface area contributed by atoms with Gasteiger partial charge in [-0.3, -0.25) is 4.79 Å². The molecule has 1 aromatic heterocycles. The summed E-state index contributed by atoms with van der Waals surface area (Å²) in [7, 11) is 0. The fraction of sp³-hybridized carbons (Fsp3) is 0.111. The molecule has 7 heteroatoms. The van der Waals surface area contributed by atoms with E-state index in [1.807, 2.05) is 24.3 Å². The van der Waals surface area contributed by atoms with Gasteiger partial charge in [0, 0.05) is 9.17 Å². The minimum absolute atomic E-state index is 0.0259. The number of carbonyl (C=O) groups excluding carboxylic acids is 2. The molecule has 1 amide bonds. The van der Waals surface area contributed by atoms with E-state index >= 15 is 0 Å². The Kier molecular flexibility index (Phi) is 5.15. The molecule has 25 heavy (non-hydrogen) atoms. The summed E-state index contributed by atoms with van der Waals surface area (Å²) < 4.78 is 20.5. The van der Waals surface area contributed by atoms with E-state index in [2.05, 4.69) is 21.2 Å². The van der Waals surface area contributed by atoms with Crippen molar-refractivity contribution < 1.29 is 18.7 Å². The van der Waals surface area contributed by atoms with Crippen LogP contribution in [0.3, 0.4) is 0 Å². The third kappa shape index (κ3) is 4.05. The number of esters is 1. The van der Waals surface area contributed by atoms with E-state index in [-0.39, 0.29) is 5.69 Å². The van der Waals surface area contributed by atoms with E-state index in [1.165, 1.54) is 30.4 Å². The predicted octanol–water partition coefficient (Wildman–Crippen LogP) is 4.99. The van der Waals surface area contributed by atoms with Gasteiger partial charge in [-0.05, 0) is 42.6 Å². The summed E-state index contributed by atoms with van der Waals surface area (Å²) in [6.45, 7) is 1.44. The highest BCUT2D eigenvalue weighted by molar-refractivity contribution is 9.10. The van der Waals surface area contributed by atoms with Crippen molar-refractivity contribution in [2.75, 3.05) is 5.32 Å². The number of hydrogen-bond acceptors (Lipinski definition) is 4. The maximum atomic E-state index is 13.8. The molecular weight excluding hydrogens is 409 g/mol. The van der Waals surface area contributed by atoms with Crippen molar-refractivity contribution in [1.82, 2.24) is 0 Å². The van der Waals surface area contributed by atoms with Gasteiger partial charge in [0.1, 0.15) is 10.7 Å². The number of hydrogen-bond donors (Lipinski definition) is 1. The Morgan fingerprint density at radius 1 is 1.20 bits per heavy atom. The summed E-state index contributed by atoms with van der Waals surface area (Å²) in [5.41, 5.74) is 0.0259. The summed E-state index contributed by atoms with van der Waals surface area (Å²) in [5, 5.41) is 3.35. The molecule has 1 heterocycles. The largest absolute Gasteiger partial charge is 0.448 e. The van der Waals surface area contributed by atoms with Gasteiger partial charge in [-0.25, -0.2) is 9.18 Å². The lowest BCUT2D eigenvalue weighted by molar-refractivity contribution is -0.123. The second-order valence-electron chi connectivity index (χ2n) is 5.31. The first-order valence-electron chi connectivity index (χ1n) is 7.39. The standard InChI is InChI=1S/C18H13BrFNO3S/c1-10(17(22)21-14-7-6-12(19)9-13(14)20)24-18(23)16-8-11-4-2-3-5-15(11)25-16/h2-10H,1H3,(H,21,22). The monoisotopic (exact) mass is 421 g/mol. The lowest BCUT2D eigenvalue weighted by Gasteiger charge is -2.13. The van der Waals surface area contributed by atoms with E-state index in [9.17, 15) is 14.0 Å². The van der Waals surface area contributed by atoms with Crippen molar-refractivity contribution in [2.24, 2.45) is 0 Å². The lowest BCUT2D eigenvalue weighted by atomic mass is 10.2. The highest BCUT2D eigenvalue weighted by atomic mass is 79.9. The predicted molar refractivity (Wildman–Crippen MR) is 99.4 cm³/mol. The summed E-state index contributed by atoms with van der Waals surface area (Å²) in [6, 6.07) is 13.6. The topological polar surface area (TPSA) is 55.4 Å². The van der Waals surface area contributed by atoms with Gasteiger partial charge in [0.15, 0.2) is 6.10 Å². The first-order valence-corrected chi connectivity index (χ1v) is 9.00. The van der Waals surface area contributed by atoms with Crippen LogP contribution in [0.2, 0.25) is 0 Å². The van der Waals surface area contributed by atoms with Crippen LogP contribution in [-0.2, 0) is 9.53 Å². The number of ether oxygens (including phenoxy) is 1. The molecule has 1 N–H and O–H groups in total. The smallest absolute Gasteiger partial charge is 0.349 e. The second-order valence-corrected chi connectivity index (χ2v) is 7.31. The van der Waals surface area contributed by atoms with Crippen molar-refractivity contribution in [3.63, 3.8) is 0 Å². The summed E-state index contributed by atoms with van der Waals surface area (Å²) in [5.74, 6) is -1.76. The zero-order chi connectivity index (χ0) is 18.0. The number of amides is 1. The SMILES string of the molecule is CC(OC(=O)c1cc2ccccc2s1)C(=O)Nc1ccc(Br)cc1F. The maximum absolute atomic E-state index is 13.8. The molecule has 2 aromatic carbocycles. The average Bonchev–Trinajstić information content (AvgIpc) is 3.01. The zero-order valence-electron chi connectivity index (χ0n) is 13.1. The molecule has 0 saturated carbocycles. The quantitative estimate of drug-likeness (QED) is 0.603. The number of thiophene rings is 1. The molecule has 0 fully saturated rings. The van der Waals surface area contributed by atoms with Crippen molar-refractivity contribution >= 4 is 54.9 Å². The van der Waals surface area contributed by atoms with Crippen molar-refractivity contribution in [2.45, 2.75) is 13.0 Å². The van der Waals surface area contributed by atoms with Gasteiger partial charge in [-0.1, -0.05) is 34.1 Å². The number of rotatable bonds is 4. The third-order valence-corrected chi connectivity index (χ3v) is 5.06. The highest BCUT2D eigenvalue weighted by Crippen LogP contribution is 2.26. The number of benzene rings is 2. The molecule has 3 rings (SSSR count).